The van der Waals surface area contributed by atoms with Gasteiger partial charge in [0.2, 0.25) is 17.7 Å². The number of nitrogens with one attached hydrogen (secondary N) is 1. The zero-order chi connectivity index (χ0) is 33.6. The number of fused-ring (bicyclic) bond motifs is 2. The van der Waals surface area contributed by atoms with Gasteiger partial charge in [-0.05, 0) is 68.8 Å². The molecule has 1 fully saturated rings. The van der Waals surface area contributed by atoms with Crippen LogP contribution < -0.4 is 20.0 Å². The summed E-state index contributed by atoms with van der Waals surface area (Å²) in [6.45, 7) is 7.22. The van der Waals surface area contributed by atoms with Crippen LogP contribution in [-0.2, 0) is 27.1 Å². The predicted octanol–water partition coefficient (Wildman–Crippen LogP) is 6.52. The number of imide groups is 1. The lowest BCUT2D eigenvalue weighted by Crippen LogP contribution is -2.33. The minimum absolute atomic E-state index is 0.168. The molecule has 6 rings (SSSR count). The molecule has 0 radical (unpaired) electrons. The first kappa shape index (κ1) is 32.6. The molecule has 1 saturated heterocycles. The Morgan fingerprint density at radius 1 is 0.936 bits per heavy atom. The third kappa shape index (κ3) is 6.09. The van der Waals surface area contributed by atoms with Crippen LogP contribution in [0.25, 0.3) is 0 Å². The molecule has 0 spiro atoms. The quantitative estimate of drug-likeness (QED) is 0.213. The van der Waals surface area contributed by atoms with E-state index < -0.39 is 51.4 Å². The van der Waals surface area contributed by atoms with Crippen LogP contribution in [0.3, 0.4) is 0 Å². The summed E-state index contributed by atoms with van der Waals surface area (Å²) in [7, 11) is 0. The average molecular weight is 681 g/mol. The molecule has 3 heterocycles. The van der Waals surface area contributed by atoms with Crippen LogP contribution in [0.1, 0.15) is 41.3 Å². The van der Waals surface area contributed by atoms with Gasteiger partial charge in [0.1, 0.15) is 11.8 Å². The van der Waals surface area contributed by atoms with Gasteiger partial charge < -0.3 is 10.2 Å². The molecule has 1 N–H and O–H groups in total. The first-order chi connectivity index (χ1) is 22.4. The second-order valence-electron chi connectivity index (χ2n) is 11.4. The van der Waals surface area contributed by atoms with Crippen LogP contribution in [0.5, 0.6) is 0 Å². The van der Waals surface area contributed by atoms with E-state index in [0.29, 0.717) is 21.2 Å². The van der Waals surface area contributed by atoms with Crippen molar-refractivity contribution in [3.8, 4) is 0 Å². The van der Waals surface area contributed by atoms with Gasteiger partial charge in [0, 0.05) is 35.3 Å². The van der Waals surface area contributed by atoms with Crippen molar-refractivity contribution in [2.75, 3.05) is 28.2 Å². The summed E-state index contributed by atoms with van der Waals surface area (Å²) in [6.07, 6.45) is -4.67. The normalized spacial score (nSPS) is 19.0. The number of aromatic nitrogens is 1. The second kappa shape index (κ2) is 12.7. The molecule has 0 unspecified atom stereocenters. The first-order valence-corrected chi connectivity index (χ1v) is 16.8. The minimum atomic E-state index is -4.67. The summed E-state index contributed by atoms with van der Waals surface area (Å²) < 4.78 is 42.1. The lowest BCUT2D eigenvalue weighted by atomic mass is 9.83. The summed E-state index contributed by atoms with van der Waals surface area (Å²) in [5.41, 5.74) is 2.07. The number of carbonyl (C=O) groups is 3. The van der Waals surface area contributed by atoms with Crippen LogP contribution in [0.4, 0.5) is 30.2 Å². The maximum Gasteiger partial charge on any atom is 0.416 e. The van der Waals surface area contributed by atoms with Gasteiger partial charge in [-0.3, -0.25) is 23.7 Å². The van der Waals surface area contributed by atoms with Crippen molar-refractivity contribution >= 4 is 57.9 Å². The number of amides is 3. The number of benzene rings is 3. The van der Waals surface area contributed by atoms with E-state index in [1.54, 1.807) is 12.1 Å². The molecule has 8 nitrogen and oxygen atoms in total. The molecule has 3 amide bonds. The Labute approximate surface area is 277 Å². The number of halogens is 3. The van der Waals surface area contributed by atoms with Gasteiger partial charge in [0.05, 0.1) is 22.2 Å². The number of alkyl halides is 3. The standard InChI is InChI=1S/C34H31F3N4O4S2/c1-4-39(5-2)23-15-11-20(12-16-23)26-27-28(31(44)41(30(27)43)24-8-6-7-21(17-24)34(35,36)37)46-32-29(26)47-33(45)40(32)18-25(42)38-22-13-9-19(3)10-14-22/h6-17,26-28H,4-5,18H2,1-3H3,(H,38,42)/t26-,27-,28+/m0/s1. The van der Waals surface area contributed by atoms with Gasteiger partial charge in [-0.15, -0.1) is 0 Å². The number of carbonyl (C=O) groups excluding carboxylic acids is 3. The van der Waals surface area contributed by atoms with Crippen molar-refractivity contribution in [3.63, 3.8) is 0 Å². The molecule has 2 aliphatic rings. The highest BCUT2D eigenvalue weighted by molar-refractivity contribution is 8.00. The number of anilines is 3. The van der Waals surface area contributed by atoms with Crippen molar-refractivity contribution in [1.82, 2.24) is 4.57 Å². The Balaban J connectivity index is 1.41. The van der Waals surface area contributed by atoms with Crippen molar-refractivity contribution < 1.29 is 27.6 Å². The number of hydrogen-bond acceptors (Lipinski definition) is 7. The van der Waals surface area contributed by atoms with Crippen LogP contribution in [0.15, 0.2) is 82.6 Å². The Kier molecular flexibility index (Phi) is 8.79. The molecule has 2 aliphatic heterocycles. The topological polar surface area (TPSA) is 91.7 Å². The van der Waals surface area contributed by atoms with Crippen LogP contribution in [-0.4, -0.2) is 40.6 Å². The van der Waals surface area contributed by atoms with E-state index in [1.165, 1.54) is 16.7 Å². The smallest absolute Gasteiger partial charge is 0.372 e. The van der Waals surface area contributed by atoms with E-state index in [4.69, 9.17) is 0 Å². The van der Waals surface area contributed by atoms with E-state index in [9.17, 15) is 32.3 Å². The van der Waals surface area contributed by atoms with Gasteiger partial charge in [0.15, 0.2) is 0 Å². The Morgan fingerprint density at radius 2 is 1.62 bits per heavy atom. The molecular formula is C34H31F3N4O4S2. The fourth-order valence-corrected chi connectivity index (χ4v) is 8.93. The van der Waals surface area contributed by atoms with Crippen molar-refractivity contribution in [1.29, 1.82) is 0 Å². The maximum atomic E-state index is 14.1. The second-order valence-corrected chi connectivity index (χ2v) is 13.5. The van der Waals surface area contributed by atoms with Crippen LogP contribution in [0, 0.1) is 12.8 Å². The third-order valence-electron chi connectivity index (χ3n) is 8.50. The highest BCUT2D eigenvalue weighted by atomic mass is 32.2. The van der Waals surface area contributed by atoms with E-state index >= 15 is 0 Å². The van der Waals surface area contributed by atoms with Gasteiger partial charge in [-0.2, -0.15) is 13.2 Å². The van der Waals surface area contributed by atoms with E-state index in [2.05, 4.69) is 10.2 Å². The fraction of sp³-hybridized carbons (Fsp3) is 0.294. The first-order valence-electron chi connectivity index (χ1n) is 15.1. The molecule has 1 aromatic heterocycles. The molecule has 3 aromatic carbocycles. The minimum Gasteiger partial charge on any atom is -0.372 e. The maximum absolute atomic E-state index is 14.1. The SMILES string of the molecule is CCN(CC)c1ccc([C@@H]2c3sc(=O)n(CC(=O)Nc4ccc(C)cc4)c3S[C@H]3C(=O)N(c4cccc(C(F)(F)F)c4)C(=O)[C@@H]23)cc1. The number of thioether (sulfide) groups is 1. The molecule has 47 heavy (non-hydrogen) atoms. The number of thiazole rings is 1. The molecule has 244 valence electrons. The summed E-state index contributed by atoms with van der Waals surface area (Å²) in [5.74, 6) is -3.48. The Bertz CT molecular complexity index is 1900. The third-order valence-corrected chi connectivity index (χ3v) is 11.1. The van der Waals surface area contributed by atoms with Gasteiger partial charge >= 0.3 is 11.0 Å². The van der Waals surface area contributed by atoms with Gasteiger partial charge in [-0.25, -0.2) is 4.90 Å². The Hall–Kier alpha value is -4.36. The fourth-order valence-electron chi connectivity index (χ4n) is 6.15. The van der Waals surface area contributed by atoms with E-state index in [0.717, 1.165) is 64.5 Å². The molecule has 13 heteroatoms. The van der Waals surface area contributed by atoms with Crippen molar-refractivity contribution in [2.24, 2.45) is 5.92 Å². The van der Waals surface area contributed by atoms with Crippen molar-refractivity contribution in [3.05, 3.63) is 104 Å². The molecule has 4 aromatic rings. The highest BCUT2D eigenvalue weighted by Gasteiger charge is 2.57. The Morgan fingerprint density at radius 3 is 2.26 bits per heavy atom. The summed E-state index contributed by atoms with van der Waals surface area (Å²) in [5, 5.41) is 2.15. The average Bonchev–Trinajstić information content (AvgIpc) is 3.49. The van der Waals surface area contributed by atoms with Crippen LogP contribution >= 0.6 is 23.1 Å². The highest BCUT2D eigenvalue weighted by Crippen LogP contribution is 2.54. The van der Waals surface area contributed by atoms with Gasteiger partial charge in [-0.1, -0.05) is 59.0 Å². The molecule has 0 saturated carbocycles. The number of hydrogen-bond donors (Lipinski definition) is 1. The number of aryl methyl sites for hydroxylation is 1. The molecular weight excluding hydrogens is 650 g/mol. The van der Waals surface area contributed by atoms with Crippen molar-refractivity contribution in [2.45, 2.75) is 49.7 Å². The molecule has 3 atom stereocenters. The van der Waals surface area contributed by atoms with E-state index in [1.807, 2.05) is 57.2 Å². The predicted molar refractivity (Wildman–Crippen MR) is 177 cm³/mol. The number of rotatable bonds is 8. The van der Waals surface area contributed by atoms with Crippen LogP contribution in [0.2, 0.25) is 0 Å². The monoisotopic (exact) mass is 680 g/mol. The summed E-state index contributed by atoms with van der Waals surface area (Å²) in [6, 6.07) is 18.9. The largest absolute Gasteiger partial charge is 0.416 e. The summed E-state index contributed by atoms with van der Waals surface area (Å²) >= 11 is 1.92. The zero-order valence-corrected chi connectivity index (χ0v) is 27.3. The van der Waals surface area contributed by atoms with E-state index in [-0.39, 0.29) is 12.2 Å². The molecule has 0 aliphatic carbocycles. The lowest BCUT2D eigenvalue weighted by molar-refractivity contribution is -0.137. The molecule has 0 bridgehead atoms. The number of nitrogens with zero attached hydrogens (tertiary/aromatic N) is 3. The summed E-state index contributed by atoms with van der Waals surface area (Å²) in [4.78, 5) is 57.7. The van der Waals surface area contributed by atoms with Gasteiger partial charge in [0.25, 0.3) is 0 Å². The zero-order valence-electron chi connectivity index (χ0n) is 25.7. The lowest BCUT2D eigenvalue weighted by Gasteiger charge is -2.31.